The van der Waals surface area contributed by atoms with E-state index in [1.165, 1.54) is 26.7 Å². The lowest BCUT2D eigenvalue weighted by molar-refractivity contribution is 0.402. The average Bonchev–Trinajstić information content (AvgIpc) is 2.80. The largest absolute Gasteiger partial charge is 0.340 e. The molecule has 7 heteroatoms. The van der Waals surface area contributed by atoms with E-state index in [0.29, 0.717) is 6.04 Å². The number of likely N-dealkylation sites (N-methyl/N-ethyl adjacent to an activating group) is 1. The van der Waals surface area contributed by atoms with Crippen molar-refractivity contribution < 1.29 is 0 Å². The zero-order chi connectivity index (χ0) is 22.9. The fourth-order valence-corrected chi connectivity index (χ4v) is 4.90. The number of hydrogen-bond acceptors (Lipinski definition) is 4. The van der Waals surface area contributed by atoms with E-state index in [0.717, 1.165) is 31.0 Å². The topological polar surface area (TPSA) is 18.5 Å². The molecule has 3 nitrogen and oxygen atoms in total. The lowest BCUT2D eigenvalue weighted by Gasteiger charge is -2.33. The van der Waals surface area contributed by atoms with Crippen molar-refractivity contribution in [3.8, 4) is 0 Å². The molecule has 186 valence electrons. The summed E-state index contributed by atoms with van der Waals surface area (Å²) in [6, 6.07) is 25.9. The van der Waals surface area contributed by atoms with E-state index in [-0.39, 0.29) is 24.8 Å². The van der Waals surface area contributed by atoms with Crippen LogP contribution in [0.25, 0.3) is 0 Å². The van der Waals surface area contributed by atoms with Crippen LogP contribution in [-0.4, -0.2) is 45.2 Å². The van der Waals surface area contributed by atoms with Gasteiger partial charge in [0, 0.05) is 27.4 Å². The quantitative estimate of drug-likeness (QED) is 0.333. The summed E-state index contributed by atoms with van der Waals surface area (Å²) < 4.78 is 0. The van der Waals surface area contributed by atoms with Gasteiger partial charge in [-0.25, -0.2) is 0 Å². The lowest BCUT2D eigenvalue weighted by atomic mass is 10.1. The van der Waals surface area contributed by atoms with Crippen LogP contribution in [0.4, 0.5) is 11.4 Å². The Bertz CT molecular complexity index is 986. The summed E-state index contributed by atoms with van der Waals surface area (Å²) in [6.45, 7) is 4.28. The number of nitrogens with zero attached hydrogens (tertiary/aromatic N) is 2. The summed E-state index contributed by atoms with van der Waals surface area (Å²) in [4.78, 5) is 7.22. The number of anilines is 2. The maximum absolute atomic E-state index is 6.21. The Labute approximate surface area is 227 Å². The van der Waals surface area contributed by atoms with Crippen molar-refractivity contribution in [2.45, 2.75) is 35.6 Å². The van der Waals surface area contributed by atoms with Gasteiger partial charge in [0.15, 0.2) is 0 Å². The third-order valence-corrected chi connectivity index (χ3v) is 6.82. The number of rotatable bonds is 7. The minimum Gasteiger partial charge on any atom is -0.340 e. The van der Waals surface area contributed by atoms with Crippen molar-refractivity contribution in [1.82, 2.24) is 10.2 Å². The minimum atomic E-state index is 0. The Hall–Kier alpha value is -1.40. The molecular formula is C27H36Cl3N3S. The molecule has 3 aromatic carbocycles. The minimum absolute atomic E-state index is 0. The second-order valence-corrected chi connectivity index (χ2v) is 9.89. The zero-order valence-electron chi connectivity index (χ0n) is 20.3. The van der Waals surface area contributed by atoms with Crippen LogP contribution in [0.15, 0.2) is 82.6 Å². The average molecular weight is 541 g/mol. The van der Waals surface area contributed by atoms with Crippen LogP contribution in [-0.2, 0) is 6.42 Å². The molecule has 4 rings (SSSR count). The molecule has 34 heavy (non-hydrogen) atoms. The first kappa shape index (κ1) is 30.6. The fraction of sp³-hybridized carbons (Fsp3) is 0.333. The summed E-state index contributed by atoms with van der Waals surface area (Å²) in [6.07, 6.45) is 2.23. The molecule has 0 unspecified atom stereocenters. The standard InChI is InChI=1S/C17H19ClN2S.C10H15N.2ClH/c1-19(2)10-5-11-20-14-6-3-4-7-16(14)21-17-9-8-13(18)12-15(17)20;1-9(11-2)8-10-6-4-3-5-7-10;;/h3-4,6-9,12H,5,10-11H2,1-2H3;3-7,9,11H,8H2,1-2H3;2*1H/t;9-;;/m.0../s1. The lowest BCUT2D eigenvalue weighted by Crippen LogP contribution is -2.25. The number of benzene rings is 3. The fourth-order valence-electron chi connectivity index (χ4n) is 3.66. The molecule has 0 radical (unpaired) electrons. The molecule has 0 spiro atoms. The molecule has 0 aliphatic carbocycles. The molecule has 0 amide bonds. The monoisotopic (exact) mass is 539 g/mol. The van der Waals surface area contributed by atoms with Crippen LogP contribution < -0.4 is 10.2 Å². The van der Waals surface area contributed by atoms with Crippen molar-refractivity contribution in [2.24, 2.45) is 0 Å². The van der Waals surface area contributed by atoms with E-state index < -0.39 is 0 Å². The van der Waals surface area contributed by atoms with Gasteiger partial charge in [0.25, 0.3) is 0 Å². The van der Waals surface area contributed by atoms with E-state index >= 15 is 0 Å². The van der Waals surface area contributed by atoms with Crippen LogP contribution in [0.5, 0.6) is 0 Å². The Morgan fingerprint density at radius 1 is 0.912 bits per heavy atom. The normalized spacial score (nSPS) is 12.4. The molecule has 1 heterocycles. The van der Waals surface area contributed by atoms with Gasteiger partial charge in [0.2, 0.25) is 0 Å². The SMILES string of the molecule is CN(C)CCCN1c2ccccc2Sc2ccc(Cl)cc21.CN[C@@H](C)Cc1ccccc1.Cl.Cl. The summed E-state index contributed by atoms with van der Waals surface area (Å²) in [5, 5.41) is 4.01. The van der Waals surface area contributed by atoms with E-state index in [9.17, 15) is 0 Å². The summed E-state index contributed by atoms with van der Waals surface area (Å²) in [5.41, 5.74) is 3.91. The van der Waals surface area contributed by atoms with E-state index in [1.54, 1.807) is 0 Å². The number of para-hydroxylation sites is 1. The molecule has 1 aliphatic heterocycles. The van der Waals surface area contributed by atoms with Crippen molar-refractivity contribution in [2.75, 3.05) is 39.1 Å². The maximum atomic E-state index is 6.21. The van der Waals surface area contributed by atoms with Crippen molar-refractivity contribution in [3.63, 3.8) is 0 Å². The predicted octanol–water partition coefficient (Wildman–Crippen LogP) is 7.58. The van der Waals surface area contributed by atoms with Crippen LogP contribution in [0.3, 0.4) is 0 Å². The molecule has 1 atom stereocenters. The third-order valence-electron chi connectivity index (χ3n) is 5.45. The number of nitrogens with one attached hydrogen (secondary N) is 1. The predicted molar refractivity (Wildman–Crippen MR) is 155 cm³/mol. The van der Waals surface area contributed by atoms with E-state index in [2.05, 4.69) is 96.8 Å². The number of fused-ring (bicyclic) bond motifs is 2. The van der Waals surface area contributed by atoms with Gasteiger partial charge in [-0.05, 0) is 83.3 Å². The van der Waals surface area contributed by atoms with E-state index in [1.807, 2.05) is 30.9 Å². The summed E-state index contributed by atoms with van der Waals surface area (Å²) >= 11 is 8.03. The van der Waals surface area contributed by atoms with Gasteiger partial charge < -0.3 is 15.1 Å². The molecule has 3 aromatic rings. The Balaban J connectivity index is 0.000000382. The van der Waals surface area contributed by atoms with Gasteiger partial charge >= 0.3 is 0 Å². The third kappa shape index (κ3) is 8.99. The van der Waals surface area contributed by atoms with Crippen molar-refractivity contribution in [3.05, 3.63) is 83.4 Å². The first-order valence-corrected chi connectivity index (χ1v) is 12.4. The molecule has 0 saturated heterocycles. The van der Waals surface area contributed by atoms with Gasteiger partial charge in [-0.2, -0.15) is 0 Å². The molecule has 0 fully saturated rings. The van der Waals surface area contributed by atoms with Crippen LogP contribution in [0.1, 0.15) is 18.9 Å². The van der Waals surface area contributed by atoms with E-state index in [4.69, 9.17) is 11.6 Å². The van der Waals surface area contributed by atoms with Gasteiger partial charge in [-0.1, -0.05) is 65.8 Å². The first-order valence-electron chi connectivity index (χ1n) is 11.2. The Morgan fingerprint density at radius 3 is 2.24 bits per heavy atom. The van der Waals surface area contributed by atoms with Crippen molar-refractivity contribution in [1.29, 1.82) is 0 Å². The second-order valence-electron chi connectivity index (χ2n) is 8.37. The Morgan fingerprint density at radius 2 is 1.56 bits per heavy atom. The number of hydrogen-bond donors (Lipinski definition) is 1. The summed E-state index contributed by atoms with van der Waals surface area (Å²) in [5.74, 6) is 0. The zero-order valence-corrected chi connectivity index (χ0v) is 23.5. The van der Waals surface area contributed by atoms with Crippen LogP contribution >= 0.6 is 48.2 Å². The Kier molecular flexibility index (Phi) is 14.0. The molecular weight excluding hydrogens is 505 g/mol. The highest BCUT2D eigenvalue weighted by Crippen LogP contribution is 2.48. The first-order chi connectivity index (χ1) is 15.5. The van der Waals surface area contributed by atoms with Gasteiger partial charge in [-0.3, -0.25) is 0 Å². The van der Waals surface area contributed by atoms with Crippen molar-refractivity contribution >= 4 is 59.6 Å². The van der Waals surface area contributed by atoms with Crippen LogP contribution in [0.2, 0.25) is 5.02 Å². The molecule has 0 saturated carbocycles. The van der Waals surface area contributed by atoms with Gasteiger partial charge in [-0.15, -0.1) is 24.8 Å². The smallest absolute Gasteiger partial charge is 0.0567 e. The highest BCUT2D eigenvalue weighted by Gasteiger charge is 2.22. The highest BCUT2D eigenvalue weighted by molar-refractivity contribution is 7.99. The van der Waals surface area contributed by atoms with Gasteiger partial charge in [0.05, 0.1) is 11.4 Å². The molecule has 0 aromatic heterocycles. The molecule has 1 aliphatic rings. The van der Waals surface area contributed by atoms with Gasteiger partial charge in [0.1, 0.15) is 0 Å². The molecule has 1 N–H and O–H groups in total. The maximum Gasteiger partial charge on any atom is 0.0567 e. The highest BCUT2D eigenvalue weighted by atomic mass is 35.5. The second kappa shape index (κ2) is 15.6. The van der Waals surface area contributed by atoms with Crippen LogP contribution in [0, 0.1) is 0 Å². The summed E-state index contributed by atoms with van der Waals surface area (Å²) in [7, 11) is 6.23. The number of halogens is 3. The molecule has 0 bridgehead atoms.